The van der Waals surface area contributed by atoms with Crippen molar-refractivity contribution in [2.45, 2.75) is 6.42 Å². The average molecular weight is 298 g/mol. The molecule has 0 aliphatic carbocycles. The Balaban J connectivity index is 1.93. The first-order valence-corrected chi connectivity index (χ1v) is 6.87. The number of esters is 1. The molecule has 0 aliphatic heterocycles. The summed E-state index contributed by atoms with van der Waals surface area (Å²) in [5.74, 6) is 1.48. The second kappa shape index (κ2) is 7.88. The van der Waals surface area contributed by atoms with Gasteiger partial charge < -0.3 is 14.2 Å². The largest absolute Gasteiger partial charge is 0.493 e. The number of hydrogen-bond donors (Lipinski definition) is 0. The zero-order chi connectivity index (χ0) is 15.8. The van der Waals surface area contributed by atoms with E-state index in [1.54, 1.807) is 32.4 Å². The van der Waals surface area contributed by atoms with Gasteiger partial charge in [0.1, 0.15) is 5.75 Å². The average Bonchev–Trinajstić information content (AvgIpc) is 2.55. The SMILES string of the molecule is COc1ccc(CC=CC(=O)Oc2ccccc2)cc1OC. The van der Waals surface area contributed by atoms with Crippen molar-refractivity contribution in [3.05, 3.63) is 66.2 Å². The Morgan fingerprint density at radius 2 is 1.73 bits per heavy atom. The minimum Gasteiger partial charge on any atom is -0.493 e. The monoisotopic (exact) mass is 298 g/mol. The molecule has 0 saturated heterocycles. The van der Waals surface area contributed by atoms with Gasteiger partial charge in [0.2, 0.25) is 0 Å². The lowest BCUT2D eigenvalue weighted by Crippen LogP contribution is -2.03. The van der Waals surface area contributed by atoms with Gasteiger partial charge in [0.15, 0.2) is 11.5 Å². The first kappa shape index (κ1) is 15.6. The molecule has 4 nitrogen and oxygen atoms in total. The van der Waals surface area contributed by atoms with Crippen LogP contribution in [0.1, 0.15) is 5.56 Å². The molecule has 0 unspecified atom stereocenters. The molecular weight excluding hydrogens is 280 g/mol. The smallest absolute Gasteiger partial charge is 0.335 e. The summed E-state index contributed by atoms with van der Waals surface area (Å²) in [5, 5.41) is 0. The van der Waals surface area contributed by atoms with E-state index >= 15 is 0 Å². The first-order chi connectivity index (χ1) is 10.7. The van der Waals surface area contributed by atoms with Crippen molar-refractivity contribution < 1.29 is 19.0 Å². The van der Waals surface area contributed by atoms with Crippen LogP contribution < -0.4 is 14.2 Å². The normalized spacial score (nSPS) is 10.5. The molecule has 0 saturated carbocycles. The van der Waals surface area contributed by atoms with Gasteiger partial charge in [-0.05, 0) is 36.2 Å². The van der Waals surface area contributed by atoms with Crippen LogP contribution in [-0.2, 0) is 11.2 Å². The van der Waals surface area contributed by atoms with Crippen molar-refractivity contribution in [3.8, 4) is 17.2 Å². The molecule has 2 aromatic rings. The summed E-state index contributed by atoms with van der Waals surface area (Å²) in [6, 6.07) is 14.6. The number of ether oxygens (including phenoxy) is 3. The summed E-state index contributed by atoms with van der Waals surface area (Å²) in [5.41, 5.74) is 1.02. The maximum Gasteiger partial charge on any atom is 0.335 e. The zero-order valence-corrected chi connectivity index (χ0v) is 12.6. The van der Waals surface area contributed by atoms with Gasteiger partial charge in [-0.25, -0.2) is 4.79 Å². The quantitative estimate of drug-likeness (QED) is 0.466. The fraction of sp³-hybridized carbons (Fsp3) is 0.167. The molecule has 0 aliphatic rings. The van der Waals surface area contributed by atoms with Crippen molar-refractivity contribution in [3.63, 3.8) is 0 Å². The third kappa shape index (κ3) is 4.38. The van der Waals surface area contributed by atoms with Gasteiger partial charge in [0.25, 0.3) is 0 Å². The highest BCUT2D eigenvalue weighted by molar-refractivity contribution is 5.84. The van der Waals surface area contributed by atoms with E-state index < -0.39 is 5.97 Å². The summed E-state index contributed by atoms with van der Waals surface area (Å²) in [6.45, 7) is 0. The Labute approximate surface area is 129 Å². The molecule has 114 valence electrons. The molecule has 0 bridgehead atoms. The predicted octanol–water partition coefficient (Wildman–Crippen LogP) is 3.41. The Morgan fingerprint density at radius 3 is 2.41 bits per heavy atom. The minimum absolute atomic E-state index is 0.397. The molecular formula is C18H18O4. The highest BCUT2D eigenvalue weighted by Crippen LogP contribution is 2.27. The molecule has 0 radical (unpaired) electrons. The van der Waals surface area contributed by atoms with E-state index in [-0.39, 0.29) is 0 Å². The van der Waals surface area contributed by atoms with Gasteiger partial charge in [0, 0.05) is 6.08 Å². The van der Waals surface area contributed by atoms with E-state index in [1.165, 1.54) is 6.08 Å². The summed E-state index contributed by atoms with van der Waals surface area (Å²) < 4.78 is 15.6. The Kier molecular flexibility index (Phi) is 5.60. The van der Waals surface area contributed by atoms with Crippen LogP contribution in [0, 0.1) is 0 Å². The molecule has 0 spiro atoms. The van der Waals surface area contributed by atoms with Gasteiger partial charge in [-0.15, -0.1) is 0 Å². The topological polar surface area (TPSA) is 44.8 Å². The second-order valence-corrected chi connectivity index (χ2v) is 4.53. The Hall–Kier alpha value is -2.75. The van der Waals surface area contributed by atoms with Crippen molar-refractivity contribution in [2.75, 3.05) is 14.2 Å². The third-order valence-electron chi connectivity index (χ3n) is 3.02. The van der Waals surface area contributed by atoms with Crippen LogP contribution in [0.15, 0.2) is 60.7 Å². The van der Waals surface area contributed by atoms with Crippen molar-refractivity contribution >= 4 is 5.97 Å². The first-order valence-electron chi connectivity index (χ1n) is 6.87. The van der Waals surface area contributed by atoms with Crippen LogP contribution in [0.5, 0.6) is 17.2 Å². The number of allylic oxidation sites excluding steroid dienone is 1. The fourth-order valence-electron chi connectivity index (χ4n) is 1.94. The van der Waals surface area contributed by atoms with Gasteiger partial charge in [-0.2, -0.15) is 0 Å². The molecule has 4 heteroatoms. The summed E-state index contributed by atoms with van der Waals surface area (Å²) >= 11 is 0. The number of carbonyl (C=O) groups is 1. The molecule has 22 heavy (non-hydrogen) atoms. The van der Waals surface area contributed by atoms with E-state index in [1.807, 2.05) is 36.4 Å². The van der Waals surface area contributed by atoms with E-state index in [2.05, 4.69) is 0 Å². The maximum absolute atomic E-state index is 11.7. The van der Waals surface area contributed by atoms with Gasteiger partial charge in [-0.3, -0.25) is 0 Å². The molecule has 0 heterocycles. The number of carbonyl (C=O) groups excluding carboxylic acids is 1. The maximum atomic E-state index is 11.7. The lowest BCUT2D eigenvalue weighted by Gasteiger charge is -2.08. The van der Waals surface area contributed by atoms with Crippen molar-refractivity contribution in [1.29, 1.82) is 0 Å². The molecule has 0 atom stereocenters. The third-order valence-corrected chi connectivity index (χ3v) is 3.02. The van der Waals surface area contributed by atoms with Crippen LogP contribution in [-0.4, -0.2) is 20.2 Å². The summed E-state index contributed by atoms with van der Waals surface area (Å²) in [7, 11) is 3.19. The van der Waals surface area contributed by atoms with E-state index in [0.717, 1.165) is 5.56 Å². The van der Waals surface area contributed by atoms with Crippen LogP contribution in [0.25, 0.3) is 0 Å². The lowest BCUT2D eigenvalue weighted by atomic mass is 10.1. The fourth-order valence-corrected chi connectivity index (χ4v) is 1.94. The number of benzene rings is 2. The Morgan fingerprint density at radius 1 is 1.00 bits per heavy atom. The molecule has 0 fully saturated rings. The van der Waals surface area contributed by atoms with Gasteiger partial charge in [-0.1, -0.05) is 30.3 Å². The van der Waals surface area contributed by atoms with Gasteiger partial charge in [0.05, 0.1) is 14.2 Å². The summed E-state index contributed by atoms with van der Waals surface area (Å²) in [6.07, 6.45) is 3.78. The molecule has 0 N–H and O–H groups in total. The van der Waals surface area contributed by atoms with E-state index in [4.69, 9.17) is 14.2 Å². The molecule has 0 aromatic heterocycles. The predicted molar refractivity (Wildman–Crippen MR) is 84.5 cm³/mol. The number of methoxy groups -OCH3 is 2. The molecule has 0 amide bonds. The second-order valence-electron chi connectivity index (χ2n) is 4.53. The standard InChI is InChI=1S/C18H18O4/c1-20-16-12-11-14(13-17(16)21-2)7-6-10-18(19)22-15-8-4-3-5-9-15/h3-6,8-13H,7H2,1-2H3. The zero-order valence-electron chi connectivity index (χ0n) is 12.6. The lowest BCUT2D eigenvalue weighted by molar-refractivity contribution is -0.129. The number of para-hydroxylation sites is 1. The van der Waals surface area contributed by atoms with Gasteiger partial charge >= 0.3 is 5.97 Å². The molecule has 2 rings (SSSR count). The molecule has 2 aromatic carbocycles. The highest BCUT2D eigenvalue weighted by atomic mass is 16.5. The van der Waals surface area contributed by atoms with E-state index in [0.29, 0.717) is 23.7 Å². The highest BCUT2D eigenvalue weighted by Gasteiger charge is 2.04. The van der Waals surface area contributed by atoms with Crippen LogP contribution in [0.4, 0.5) is 0 Å². The van der Waals surface area contributed by atoms with Crippen LogP contribution >= 0.6 is 0 Å². The van der Waals surface area contributed by atoms with Crippen LogP contribution in [0.2, 0.25) is 0 Å². The van der Waals surface area contributed by atoms with Crippen molar-refractivity contribution in [2.24, 2.45) is 0 Å². The number of hydrogen-bond acceptors (Lipinski definition) is 4. The summed E-state index contributed by atoms with van der Waals surface area (Å²) in [4.78, 5) is 11.7. The number of rotatable bonds is 6. The Bertz CT molecular complexity index is 647. The minimum atomic E-state index is -0.397. The van der Waals surface area contributed by atoms with Crippen molar-refractivity contribution in [1.82, 2.24) is 0 Å². The van der Waals surface area contributed by atoms with E-state index in [9.17, 15) is 4.79 Å². The van der Waals surface area contributed by atoms with Crippen LogP contribution in [0.3, 0.4) is 0 Å².